The minimum atomic E-state index is -1.08. The number of nitrogens with one attached hydrogen (secondary N) is 1. The van der Waals surface area contributed by atoms with E-state index in [1.807, 2.05) is 0 Å². The number of carbonyl (C=O) groups is 1. The van der Waals surface area contributed by atoms with Gasteiger partial charge >= 0.3 is 5.97 Å². The van der Waals surface area contributed by atoms with E-state index in [-0.39, 0.29) is 11.7 Å². The van der Waals surface area contributed by atoms with Crippen molar-refractivity contribution in [2.45, 2.75) is 0 Å². The fourth-order valence-electron chi connectivity index (χ4n) is 1.22. The van der Waals surface area contributed by atoms with Crippen LogP contribution in [0.5, 0.6) is 17.5 Å². The van der Waals surface area contributed by atoms with Crippen molar-refractivity contribution in [2.24, 2.45) is 0 Å². The van der Waals surface area contributed by atoms with E-state index in [1.54, 1.807) is 31.4 Å². The summed E-state index contributed by atoms with van der Waals surface area (Å²) in [5.74, 6) is 0.169. The topological polar surface area (TPSA) is 84.4 Å². The Bertz CT molecular complexity index is 519. The second kappa shape index (κ2) is 4.56. The van der Waals surface area contributed by atoms with E-state index in [0.29, 0.717) is 11.5 Å². The first-order valence-corrected chi connectivity index (χ1v) is 4.79. The summed E-state index contributed by atoms with van der Waals surface area (Å²) in [4.78, 5) is 16.9. The number of aromatic nitrogens is 2. The van der Waals surface area contributed by atoms with E-state index in [4.69, 9.17) is 14.6 Å². The lowest BCUT2D eigenvalue weighted by molar-refractivity contribution is 0.0690. The summed E-state index contributed by atoms with van der Waals surface area (Å²) >= 11 is 0. The highest BCUT2D eigenvalue weighted by Crippen LogP contribution is 2.21. The summed E-state index contributed by atoms with van der Waals surface area (Å²) in [6, 6.07) is 6.99. The summed E-state index contributed by atoms with van der Waals surface area (Å²) in [5.41, 5.74) is -0.0199. The minimum Gasteiger partial charge on any atom is -0.497 e. The maximum absolute atomic E-state index is 10.6. The number of nitrogens with zero attached hydrogens (tertiary/aromatic N) is 1. The van der Waals surface area contributed by atoms with Crippen molar-refractivity contribution in [3.63, 3.8) is 0 Å². The lowest BCUT2D eigenvalue weighted by Gasteiger charge is -2.03. The van der Waals surface area contributed by atoms with Gasteiger partial charge in [0.25, 0.3) is 6.01 Å². The molecule has 2 aromatic rings. The van der Waals surface area contributed by atoms with Gasteiger partial charge < -0.3 is 19.6 Å². The number of rotatable bonds is 4. The Labute approximate surface area is 96.8 Å². The molecule has 1 aromatic heterocycles. The maximum atomic E-state index is 10.6. The molecule has 0 amide bonds. The van der Waals surface area contributed by atoms with Crippen LogP contribution in [0.15, 0.2) is 30.5 Å². The molecule has 2 rings (SSSR count). The molecule has 0 atom stereocenters. The van der Waals surface area contributed by atoms with Crippen molar-refractivity contribution in [1.29, 1.82) is 0 Å². The summed E-state index contributed by atoms with van der Waals surface area (Å²) in [7, 11) is 1.57. The number of carboxylic acid groups (broad SMARTS) is 1. The third-order valence-electron chi connectivity index (χ3n) is 2.06. The number of benzene rings is 1. The normalized spacial score (nSPS) is 9.94. The van der Waals surface area contributed by atoms with Crippen LogP contribution >= 0.6 is 0 Å². The lowest BCUT2D eigenvalue weighted by atomic mass is 10.3. The minimum absolute atomic E-state index is 0.0199. The highest BCUT2D eigenvalue weighted by molar-refractivity contribution is 5.85. The monoisotopic (exact) mass is 234 g/mol. The van der Waals surface area contributed by atoms with Crippen LogP contribution < -0.4 is 9.47 Å². The van der Waals surface area contributed by atoms with Crippen LogP contribution in [0.25, 0.3) is 0 Å². The van der Waals surface area contributed by atoms with Gasteiger partial charge in [0, 0.05) is 0 Å². The molecule has 0 aliphatic carbocycles. The number of imidazole rings is 1. The first kappa shape index (κ1) is 11.0. The van der Waals surface area contributed by atoms with Crippen molar-refractivity contribution < 1.29 is 19.4 Å². The summed E-state index contributed by atoms with van der Waals surface area (Å²) in [6.07, 6.45) is 1.20. The van der Waals surface area contributed by atoms with Gasteiger partial charge in [0.15, 0.2) is 0 Å². The predicted octanol–water partition coefficient (Wildman–Crippen LogP) is 1.91. The van der Waals surface area contributed by atoms with Crippen LogP contribution in [0.3, 0.4) is 0 Å². The van der Waals surface area contributed by atoms with E-state index in [9.17, 15) is 4.79 Å². The number of carboxylic acids is 1. The molecule has 0 aliphatic rings. The van der Waals surface area contributed by atoms with E-state index in [2.05, 4.69) is 9.97 Å². The standard InChI is InChI=1S/C11H10N2O4/c1-16-7-2-4-8(5-3-7)17-11-12-6-9(13-11)10(14)15/h2-6H,1H3,(H,12,13)(H,14,15). The SMILES string of the molecule is COc1ccc(Oc2ncc(C(=O)O)[nH]2)cc1. The molecule has 1 heterocycles. The molecule has 0 fully saturated rings. The molecule has 0 spiro atoms. The summed E-state index contributed by atoms with van der Waals surface area (Å²) in [5, 5.41) is 8.69. The molecule has 0 saturated heterocycles. The van der Waals surface area contributed by atoms with Crippen LogP contribution in [0, 0.1) is 0 Å². The zero-order valence-corrected chi connectivity index (χ0v) is 9.01. The Hall–Kier alpha value is -2.50. The Balaban J connectivity index is 2.11. The number of aromatic carboxylic acids is 1. The van der Waals surface area contributed by atoms with Crippen molar-refractivity contribution >= 4 is 5.97 Å². The van der Waals surface area contributed by atoms with E-state index < -0.39 is 5.97 Å². The van der Waals surface area contributed by atoms with Gasteiger partial charge in [-0.3, -0.25) is 0 Å². The number of H-pyrrole nitrogens is 1. The molecule has 0 saturated carbocycles. The molecular formula is C11H10N2O4. The number of aromatic amines is 1. The molecular weight excluding hydrogens is 224 g/mol. The van der Waals surface area contributed by atoms with Crippen LogP contribution in [0.1, 0.15) is 10.5 Å². The molecule has 0 bridgehead atoms. The van der Waals surface area contributed by atoms with Gasteiger partial charge in [-0.25, -0.2) is 9.78 Å². The van der Waals surface area contributed by atoms with E-state index >= 15 is 0 Å². The summed E-state index contributed by atoms with van der Waals surface area (Å²) < 4.78 is 10.3. The van der Waals surface area contributed by atoms with Crippen LogP contribution in [-0.4, -0.2) is 28.2 Å². The van der Waals surface area contributed by atoms with Crippen LogP contribution in [-0.2, 0) is 0 Å². The van der Waals surface area contributed by atoms with E-state index in [0.717, 1.165) is 0 Å². The van der Waals surface area contributed by atoms with Gasteiger partial charge in [-0.2, -0.15) is 0 Å². The van der Waals surface area contributed by atoms with Gasteiger partial charge in [0.05, 0.1) is 13.3 Å². The first-order valence-electron chi connectivity index (χ1n) is 4.79. The molecule has 2 N–H and O–H groups in total. The zero-order valence-electron chi connectivity index (χ0n) is 9.01. The number of ether oxygens (including phenoxy) is 2. The van der Waals surface area contributed by atoms with Gasteiger partial charge in [-0.15, -0.1) is 0 Å². The van der Waals surface area contributed by atoms with Crippen molar-refractivity contribution in [3.05, 3.63) is 36.2 Å². The second-order valence-corrected chi connectivity index (χ2v) is 3.18. The predicted molar refractivity (Wildman–Crippen MR) is 58.6 cm³/mol. The third kappa shape index (κ3) is 2.54. The van der Waals surface area contributed by atoms with Crippen LogP contribution in [0.4, 0.5) is 0 Å². The van der Waals surface area contributed by atoms with Gasteiger partial charge in [0.1, 0.15) is 17.2 Å². The van der Waals surface area contributed by atoms with Gasteiger partial charge in [-0.05, 0) is 24.3 Å². The molecule has 88 valence electrons. The average molecular weight is 234 g/mol. The highest BCUT2D eigenvalue weighted by Gasteiger charge is 2.08. The Kier molecular flexibility index (Phi) is 2.95. The van der Waals surface area contributed by atoms with Crippen molar-refractivity contribution in [2.75, 3.05) is 7.11 Å². The Morgan fingerprint density at radius 3 is 2.47 bits per heavy atom. The number of methoxy groups -OCH3 is 1. The molecule has 0 unspecified atom stereocenters. The molecule has 6 heteroatoms. The van der Waals surface area contributed by atoms with Gasteiger partial charge in [-0.1, -0.05) is 0 Å². The van der Waals surface area contributed by atoms with Crippen molar-refractivity contribution in [1.82, 2.24) is 9.97 Å². The van der Waals surface area contributed by atoms with Crippen LogP contribution in [0.2, 0.25) is 0 Å². The average Bonchev–Trinajstić information content (AvgIpc) is 2.79. The van der Waals surface area contributed by atoms with Crippen molar-refractivity contribution in [3.8, 4) is 17.5 Å². The quantitative estimate of drug-likeness (QED) is 0.844. The first-order chi connectivity index (χ1) is 8.19. The number of hydrogen-bond donors (Lipinski definition) is 2. The fourth-order valence-corrected chi connectivity index (χ4v) is 1.22. The molecule has 17 heavy (non-hydrogen) atoms. The zero-order chi connectivity index (χ0) is 12.3. The Morgan fingerprint density at radius 1 is 1.29 bits per heavy atom. The smallest absolute Gasteiger partial charge is 0.354 e. The molecule has 6 nitrogen and oxygen atoms in total. The number of hydrogen-bond acceptors (Lipinski definition) is 4. The highest BCUT2D eigenvalue weighted by atomic mass is 16.5. The fraction of sp³-hybridized carbons (Fsp3) is 0.0909. The van der Waals surface area contributed by atoms with E-state index in [1.165, 1.54) is 6.20 Å². The molecule has 0 aliphatic heterocycles. The summed E-state index contributed by atoms with van der Waals surface area (Å²) in [6.45, 7) is 0. The Morgan fingerprint density at radius 2 is 1.94 bits per heavy atom. The maximum Gasteiger partial charge on any atom is 0.354 e. The van der Waals surface area contributed by atoms with Gasteiger partial charge in [0.2, 0.25) is 0 Å². The molecule has 1 aromatic carbocycles. The molecule has 0 radical (unpaired) electrons. The largest absolute Gasteiger partial charge is 0.497 e. The lowest BCUT2D eigenvalue weighted by Crippen LogP contribution is -1.95. The second-order valence-electron chi connectivity index (χ2n) is 3.18. The third-order valence-corrected chi connectivity index (χ3v) is 2.06.